The SMILES string of the molecule is CN(C(=O)C[C@H]1C(=O)NCCN1CC(C)(C)C)C1CC(C)(C)NC(C)(C)C1. The summed E-state index contributed by atoms with van der Waals surface area (Å²) in [7, 11) is 1.90. The molecular formula is C21H40N4O2. The van der Waals surface area contributed by atoms with E-state index in [2.05, 4.69) is 64.0 Å². The van der Waals surface area contributed by atoms with Crippen LogP contribution in [0.1, 0.15) is 67.7 Å². The summed E-state index contributed by atoms with van der Waals surface area (Å²) in [6, 6.07) is -0.179. The van der Waals surface area contributed by atoms with Crippen LogP contribution in [-0.2, 0) is 9.59 Å². The van der Waals surface area contributed by atoms with Gasteiger partial charge >= 0.3 is 0 Å². The summed E-state index contributed by atoms with van der Waals surface area (Å²) in [6.07, 6.45) is 2.09. The molecule has 0 spiro atoms. The number of piperidine rings is 1. The van der Waals surface area contributed by atoms with Gasteiger partial charge in [0.2, 0.25) is 11.8 Å². The average Bonchev–Trinajstić information content (AvgIpc) is 2.45. The van der Waals surface area contributed by atoms with Crippen molar-refractivity contribution >= 4 is 11.8 Å². The van der Waals surface area contributed by atoms with Crippen LogP contribution in [-0.4, -0.2) is 71.5 Å². The maximum absolute atomic E-state index is 13.1. The van der Waals surface area contributed by atoms with Crippen molar-refractivity contribution in [1.29, 1.82) is 0 Å². The highest BCUT2D eigenvalue weighted by Crippen LogP contribution is 2.31. The van der Waals surface area contributed by atoms with E-state index in [1.165, 1.54) is 0 Å². The molecule has 2 N–H and O–H groups in total. The fourth-order valence-corrected chi connectivity index (χ4v) is 4.84. The van der Waals surface area contributed by atoms with E-state index in [1.54, 1.807) is 0 Å². The van der Waals surface area contributed by atoms with E-state index in [0.717, 1.165) is 25.9 Å². The molecule has 2 fully saturated rings. The molecule has 2 aliphatic rings. The Hall–Kier alpha value is -1.14. The molecule has 156 valence electrons. The van der Waals surface area contributed by atoms with Gasteiger partial charge in [0.25, 0.3) is 0 Å². The Morgan fingerprint density at radius 1 is 1.19 bits per heavy atom. The lowest BCUT2D eigenvalue weighted by atomic mass is 9.79. The van der Waals surface area contributed by atoms with E-state index < -0.39 is 0 Å². The molecule has 0 radical (unpaired) electrons. The molecule has 0 aromatic carbocycles. The number of amides is 2. The monoisotopic (exact) mass is 380 g/mol. The Bertz CT molecular complexity index is 549. The standard InChI is InChI=1S/C21H40N4O2/c1-19(2,3)14-25-10-9-22-18(27)16(25)11-17(26)24(8)15-12-20(4,5)23-21(6,7)13-15/h15-16,23H,9-14H2,1-8H3,(H,22,27)/t16-/m0/s1. The number of carbonyl (C=O) groups is 2. The summed E-state index contributed by atoms with van der Waals surface area (Å²) in [4.78, 5) is 29.7. The number of hydrogen-bond acceptors (Lipinski definition) is 4. The maximum Gasteiger partial charge on any atom is 0.237 e. The largest absolute Gasteiger partial charge is 0.353 e. The van der Waals surface area contributed by atoms with Gasteiger partial charge in [0, 0.05) is 43.8 Å². The number of rotatable bonds is 4. The van der Waals surface area contributed by atoms with Crippen LogP contribution in [0.2, 0.25) is 0 Å². The van der Waals surface area contributed by atoms with Gasteiger partial charge in [-0.1, -0.05) is 20.8 Å². The van der Waals surface area contributed by atoms with Gasteiger partial charge < -0.3 is 15.5 Å². The molecule has 2 rings (SSSR count). The lowest BCUT2D eigenvalue weighted by molar-refractivity contribution is -0.141. The predicted octanol–water partition coefficient (Wildman–Crippen LogP) is 1.99. The molecule has 0 bridgehead atoms. The van der Waals surface area contributed by atoms with Gasteiger partial charge in [-0.3, -0.25) is 14.5 Å². The van der Waals surface area contributed by atoms with Crippen LogP contribution < -0.4 is 10.6 Å². The third kappa shape index (κ3) is 6.18. The first-order chi connectivity index (χ1) is 12.2. The van der Waals surface area contributed by atoms with Crippen molar-refractivity contribution in [2.75, 3.05) is 26.7 Å². The Morgan fingerprint density at radius 3 is 2.26 bits per heavy atom. The van der Waals surface area contributed by atoms with Crippen molar-refractivity contribution < 1.29 is 9.59 Å². The van der Waals surface area contributed by atoms with Gasteiger partial charge in [-0.05, 0) is 46.0 Å². The van der Waals surface area contributed by atoms with Crippen LogP contribution in [0.25, 0.3) is 0 Å². The highest BCUT2D eigenvalue weighted by atomic mass is 16.2. The summed E-state index contributed by atoms with van der Waals surface area (Å²) in [5.41, 5.74) is 0.0663. The minimum absolute atomic E-state index is 0.0125. The fourth-order valence-electron chi connectivity index (χ4n) is 4.84. The van der Waals surface area contributed by atoms with E-state index in [0.29, 0.717) is 6.54 Å². The first kappa shape index (κ1) is 22.2. The number of piperazine rings is 1. The molecule has 1 atom stereocenters. The van der Waals surface area contributed by atoms with Crippen molar-refractivity contribution in [1.82, 2.24) is 20.4 Å². The molecule has 0 aromatic heterocycles. The molecule has 0 unspecified atom stereocenters. The number of nitrogens with one attached hydrogen (secondary N) is 2. The molecule has 27 heavy (non-hydrogen) atoms. The van der Waals surface area contributed by atoms with Crippen molar-refractivity contribution in [3.05, 3.63) is 0 Å². The zero-order chi connectivity index (χ0) is 20.6. The van der Waals surface area contributed by atoms with E-state index in [-0.39, 0.29) is 46.8 Å². The minimum Gasteiger partial charge on any atom is -0.353 e. The van der Waals surface area contributed by atoms with Crippen molar-refractivity contribution in [3.63, 3.8) is 0 Å². The molecule has 0 aliphatic carbocycles. The smallest absolute Gasteiger partial charge is 0.237 e. The van der Waals surface area contributed by atoms with E-state index in [1.807, 2.05) is 11.9 Å². The highest BCUT2D eigenvalue weighted by molar-refractivity contribution is 5.88. The summed E-state index contributed by atoms with van der Waals surface area (Å²) in [6.45, 7) is 17.6. The molecule has 2 aliphatic heterocycles. The number of hydrogen-bond donors (Lipinski definition) is 2. The summed E-state index contributed by atoms with van der Waals surface area (Å²) >= 11 is 0. The van der Waals surface area contributed by atoms with Crippen LogP contribution in [0.5, 0.6) is 0 Å². The first-order valence-electron chi connectivity index (χ1n) is 10.3. The zero-order valence-corrected chi connectivity index (χ0v) is 18.6. The van der Waals surface area contributed by atoms with Gasteiger partial charge in [-0.25, -0.2) is 0 Å². The third-order valence-corrected chi connectivity index (χ3v) is 5.60. The van der Waals surface area contributed by atoms with E-state index in [4.69, 9.17) is 0 Å². The molecule has 0 aromatic rings. The van der Waals surface area contributed by atoms with Crippen molar-refractivity contribution in [2.45, 2.75) is 90.9 Å². The van der Waals surface area contributed by atoms with Gasteiger partial charge in [-0.2, -0.15) is 0 Å². The lowest BCUT2D eigenvalue weighted by Gasteiger charge is -2.49. The first-order valence-corrected chi connectivity index (χ1v) is 10.3. The second-order valence-corrected chi connectivity index (χ2v) is 11.0. The zero-order valence-electron chi connectivity index (χ0n) is 18.6. The maximum atomic E-state index is 13.1. The van der Waals surface area contributed by atoms with Crippen LogP contribution in [0.15, 0.2) is 0 Å². The predicted molar refractivity (Wildman–Crippen MR) is 110 cm³/mol. The van der Waals surface area contributed by atoms with Gasteiger partial charge in [-0.15, -0.1) is 0 Å². The molecule has 0 saturated carbocycles. The Labute approximate surface area is 165 Å². The Balaban J connectivity index is 2.08. The van der Waals surface area contributed by atoms with Crippen LogP contribution in [0, 0.1) is 5.41 Å². The van der Waals surface area contributed by atoms with Crippen LogP contribution in [0.4, 0.5) is 0 Å². The molecule has 2 saturated heterocycles. The quantitative estimate of drug-likeness (QED) is 0.783. The van der Waals surface area contributed by atoms with E-state index in [9.17, 15) is 9.59 Å². The van der Waals surface area contributed by atoms with Crippen LogP contribution in [0.3, 0.4) is 0 Å². The van der Waals surface area contributed by atoms with Crippen molar-refractivity contribution in [2.24, 2.45) is 5.41 Å². The lowest BCUT2D eigenvalue weighted by Crippen LogP contribution is -2.63. The number of carbonyl (C=O) groups excluding carboxylic acids is 2. The molecule has 6 nitrogen and oxygen atoms in total. The Kier molecular flexibility index (Phi) is 6.32. The average molecular weight is 381 g/mol. The molecule has 2 amide bonds. The highest BCUT2D eigenvalue weighted by Gasteiger charge is 2.41. The normalized spacial score (nSPS) is 26.5. The molecular weight excluding hydrogens is 340 g/mol. The van der Waals surface area contributed by atoms with Crippen molar-refractivity contribution in [3.8, 4) is 0 Å². The van der Waals surface area contributed by atoms with Crippen LogP contribution >= 0.6 is 0 Å². The summed E-state index contributed by atoms with van der Waals surface area (Å²) < 4.78 is 0. The van der Waals surface area contributed by atoms with Gasteiger partial charge in [0.1, 0.15) is 0 Å². The minimum atomic E-state index is -0.365. The number of nitrogens with zero attached hydrogens (tertiary/aromatic N) is 2. The molecule has 6 heteroatoms. The second-order valence-electron chi connectivity index (χ2n) is 11.0. The summed E-state index contributed by atoms with van der Waals surface area (Å²) in [5.74, 6) is 0.0488. The third-order valence-electron chi connectivity index (χ3n) is 5.60. The van der Waals surface area contributed by atoms with E-state index >= 15 is 0 Å². The van der Waals surface area contributed by atoms with Gasteiger partial charge in [0.15, 0.2) is 0 Å². The second kappa shape index (κ2) is 7.70. The summed E-state index contributed by atoms with van der Waals surface area (Å²) in [5, 5.41) is 6.60. The Morgan fingerprint density at radius 2 is 1.74 bits per heavy atom. The fraction of sp³-hybridized carbons (Fsp3) is 0.905. The molecule has 2 heterocycles. The van der Waals surface area contributed by atoms with Gasteiger partial charge in [0.05, 0.1) is 12.5 Å². The topological polar surface area (TPSA) is 64.7 Å².